The summed E-state index contributed by atoms with van der Waals surface area (Å²) in [5.41, 5.74) is 1.59. The first-order valence-electron chi connectivity index (χ1n) is 9.17. The van der Waals surface area contributed by atoms with E-state index in [2.05, 4.69) is 50.7 Å². The van der Waals surface area contributed by atoms with E-state index in [1.54, 1.807) is 19.0 Å². The van der Waals surface area contributed by atoms with Crippen molar-refractivity contribution in [2.24, 2.45) is 0 Å². The Bertz CT molecular complexity index is 915. The molecule has 0 unspecified atom stereocenters. The zero-order valence-electron chi connectivity index (χ0n) is 15.0. The molecule has 0 aromatic carbocycles. The van der Waals surface area contributed by atoms with Crippen LogP contribution < -0.4 is 14.7 Å². The molecule has 10 nitrogen and oxygen atoms in total. The molecule has 2 saturated heterocycles. The van der Waals surface area contributed by atoms with Gasteiger partial charge in [0.05, 0.1) is 19.5 Å². The number of rotatable bonds is 3. The third-order valence-electron chi connectivity index (χ3n) is 5.08. The van der Waals surface area contributed by atoms with Gasteiger partial charge in [0.1, 0.15) is 29.8 Å². The fourth-order valence-corrected chi connectivity index (χ4v) is 3.61. The molecule has 5 heterocycles. The number of fused-ring (bicyclic) bond motifs is 1. The molecule has 2 fully saturated rings. The van der Waals surface area contributed by atoms with Crippen LogP contribution in [0.25, 0.3) is 11.2 Å². The van der Waals surface area contributed by atoms with Gasteiger partial charge in [-0.3, -0.25) is 0 Å². The topological polar surface area (TPSA) is 99.2 Å². The molecule has 0 atom stereocenters. The highest BCUT2D eigenvalue weighted by atomic mass is 16.5. The third-order valence-corrected chi connectivity index (χ3v) is 5.08. The molecule has 2 aliphatic heterocycles. The molecule has 3 aromatic rings. The Labute approximate surface area is 156 Å². The van der Waals surface area contributed by atoms with Crippen molar-refractivity contribution in [2.75, 3.05) is 67.2 Å². The summed E-state index contributed by atoms with van der Waals surface area (Å²) in [6.45, 7) is 6.72. The lowest BCUT2D eigenvalue weighted by atomic mass is 10.3. The Balaban J connectivity index is 1.30. The van der Waals surface area contributed by atoms with Gasteiger partial charge in [0.25, 0.3) is 0 Å². The summed E-state index contributed by atoms with van der Waals surface area (Å²) in [6.07, 6.45) is 4.89. The van der Waals surface area contributed by atoms with Crippen LogP contribution in [0.5, 0.6) is 0 Å². The first-order chi connectivity index (χ1) is 13.4. The second kappa shape index (κ2) is 6.95. The first kappa shape index (κ1) is 16.2. The zero-order chi connectivity index (χ0) is 18.1. The van der Waals surface area contributed by atoms with Crippen LogP contribution in [-0.2, 0) is 4.74 Å². The van der Waals surface area contributed by atoms with Crippen LogP contribution in [0.3, 0.4) is 0 Å². The van der Waals surface area contributed by atoms with Crippen LogP contribution in [0.1, 0.15) is 0 Å². The summed E-state index contributed by atoms with van der Waals surface area (Å²) in [5, 5.41) is 0. The largest absolute Gasteiger partial charge is 0.378 e. The molecule has 3 aromatic heterocycles. The minimum Gasteiger partial charge on any atom is -0.378 e. The number of aromatic nitrogens is 6. The van der Waals surface area contributed by atoms with E-state index in [9.17, 15) is 0 Å². The third kappa shape index (κ3) is 3.12. The van der Waals surface area contributed by atoms with Crippen LogP contribution >= 0.6 is 0 Å². The maximum atomic E-state index is 5.43. The van der Waals surface area contributed by atoms with E-state index < -0.39 is 0 Å². The van der Waals surface area contributed by atoms with Gasteiger partial charge in [-0.2, -0.15) is 0 Å². The lowest BCUT2D eigenvalue weighted by molar-refractivity contribution is 0.122. The second-order valence-corrected chi connectivity index (χ2v) is 6.61. The highest BCUT2D eigenvalue weighted by Gasteiger charge is 2.22. The number of anilines is 3. The average Bonchev–Trinajstić information content (AvgIpc) is 3.24. The van der Waals surface area contributed by atoms with Crippen LogP contribution in [-0.4, -0.2) is 82.4 Å². The molecule has 0 radical (unpaired) electrons. The standard InChI is InChI=1S/C17H21N9O/c1-3-26(17-15-16(21-11-20-15)22-12-23-17)4-2-24(1)13-9-14(19-10-18-13)25-5-7-27-8-6-25/h9-12H,1-8H2,(H,20,21,22,23). The Hall–Kier alpha value is -3.01. The monoisotopic (exact) mass is 367 g/mol. The molecule has 5 rings (SSSR count). The van der Waals surface area contributed by atoms with Gasteiger partial charge in [-0.1, -0.05) is 0 Å². The number of hydrogen-bond donors (Lipinski definition) is 1. The van der Waals surface area contributed by atoms with Crippen molar-refractivity contribution in [3.8, 4) is 0 Å². The Morgan fingerprint density at radius 2 is 1.41 bits per heavy atom. The summed E-state index contributed by atoms with van der Waals surface area (Å²) in [6, 6.07) is 2.08. The number of nitrogens with one attached hydrogen (secondary N) is 1. The van der Waals surface area contributed by atoms with Crippen molar-refractivity contribution < 1.29 is 4.74 Å². The van der Waals surface area contributed by atoms with E-state index in [-0.39, 0.29) is 0 Å². The normalized spacial score (nSPS) is 18.3. The fraction of sp³-hybridized carbons (Fsp3) is 0.471. The summed E-state index contributed by atoms with van der Waals surface area (Å²) >= 11 is 0. The SMILES string of the molecule is c1nc(N2CCOCC2)cc(N2CCN(c3ncnc4nc[nH]c34)CC2)n1. The Morgan fingerprint density at radius 1 is 0.741 bits per heavy atom. The minimum atomic E-state index is 0.702. The molecule has 0 aliphatic carbocycles. The second-order valence-electron chi connectivity index (χ2n) is 6.61. The van der Waals surface area contributed by atoms with Crippen LogP contribution in [0.4, 0.5) is 17.5 Å². The lowest BCUT2D eigenvalue weighted by Crippen LogP contribution is -2.47. The number of aromatic amines is 1. The van der Waals surface area contributed by atoms with E-state index in [0.29, 0.717) is 5.65 Å². The molecule has 140 valence electrons. The van der Waals surface area contributed by atoms with E-state index in [1.807, 2.05) is 0 Å². The quantitative estimate of drug-likeness (QED) is 0.701. The van der Waals surface area contributed by atoms with Crippen molar-refractivity contribution in [3.63, 3.8) is 0 Å². The van der Waals surface area contributed by atoms with Crippen molar-refractivity contribution in [1.29, 1.82) is 0 Å². The van der Waals surface area contributed by atoms with E-state index in [0.717, 1.165) is 75.5 Å². The molecule has 0 saturated carbocycles. The summed E-state index contributed by atoms with van der Waals surface area (Å²) < 4.78 is 5.43. The van der Waals surface area contributed by atoms with Gasteiger partial charge < -0.3 is 24.4 Å². The van der Waals surface area contributed by atoms with Gasteiger partial charge in [-0.15, -0.1) is 0 Å². The smallest absolute Gasteiger partial charge is 0.182 e. The van der Waals surface area contributed by atoms with Gasteiger partial charge in [0.15, 0.2) is 11.5 Å². The molecule has 10 heteroatoms. The minimum absolute atomic E-state index is 0.702. The number of ether oxygens (including phenoxy) is 1. The first-order valence-corrected chi connectivity index (χ1v) is 9.17. The molecule has 0 amide bonds. The molecular formula is C17H21N9O. The lowest BCUT2D eigenvalue weighted by Gasteiger charge is -2.36. The molecule has 0 bridgehead atoms. The van der Waals surface area contributed by atoms with Gasteiger partial charge in [0.2, 0.25) is 0 Å². The van der Waals surface area contributed by atoms with Gasteiger partial charge >= 0.3 is 0 Å². The predicted octanol–water partition coefficient (Wildman–Crippen LogP) is 0.306. The van der Waals surface area contributed by atoms with Crippen molar-refractivity contribution in [3.05, 3.63) is 25.0 Å². The number of imidazole rings is 1. The number of morpholine rings is 1. The summed E-state index contributed by atoms with van der Waals surface area (Å²) in [4.78, 5) is 31.8. The number of H-pyrrole nitrogens is 1. The van der Waals surface area contributed by atoms with E-state index in [1.165, 1.54) is 0 Å². The summed E-state index contributed by atoms with van der Waals surface area (Å²) in [7, 11) is 0. The molecule has 27 heavy (non-hydrogen) atoms. The summed E-state index contributed by atoms with van der Waals surface area (Å²) in [5.74, 6) is 2.86. The van der Waals surface area contributed by atoms with E-state index >= 15 is 0 Å². The molecule has 0 spiro atoms. The van der Waals surface area contributed by atoms with Crippen LogP contribution in [0, 0.1) is 0 Å². The number of hydrogen-bond acceptors (Lipinski definition) is 9. The highest BCUT2D eigenvalue weighted by Crippen LogP contribution is 2.24. The Morgan fingerprint density at radius 3 is 2.19 bits per heavy atom. The predicted molar refractivity (Wildman–Crippen MR) is 101 cm³/mol. The number of nitrogens with zero attached hydrogens (tertiary/aromatic N) is 8. The van der Waals surface area contributed by atoms with Crippen molar-refractivity contribution in [2.45, 2.75) is 0 Å². The van der Waals surface area contributed by atoms with Gasteiger partial charge in [-0.25, -0.2) is 24.9 Å². The molecule has 2 aliphatic rings. The van der Waals surface area contributed by atoms with Crippen molar-refractivity contribution in [1.82, 2.24) is 29.9 Å². The Kier molecular flexibility index (Phi) is 4.17. The maximum Gasteiger partial charge on any atom is 0.182 e. The number of piperazine rings is 1. The maximum absolute atomic E-state index is 5.43. The van der Waals surface area contributed by atoms with Crippen LogP contribution in [0.15, 0.2) is 25.0 Å². The molecule has 1 N–H and O–H groups in total. The van der Waals surface area contributed by atoms with Crippen molar-refractivity contribution >= 4 is 28.6 Å². The van der Waals surface area contributed by atoms with E-state index in [4.69, 9.17) is 4.74 Å². The average molecular weight is 367 g/mol. The highest BCUT2D eigenvalue weighted by molar-refractivity contribution is 5.82. The zero-order valence-corrected chi connectivity index (χ0v) is 15.0. The van der Waals surface area contributed by atoms with Crippen LogP contribution in [0.2, 0.25) is 0 Å². The van der Waals surface area contributed by atoms with Gasteiger partial charge in [0, 0.05) is 45.3 Å². The van der Waals surface area contributed by atoms with Gasteiger partial charge in [-0.05, 0) is 0 Å². The molecular weight excluding hydrogens is 346 g/mol. The fourth-order valence-electron chi connectivity index (χ4n) is 3.61.